The molecule has 1 unspecified atom stereocenters. The first-order chi connectivity index (χ1) is 10.2. The highest BCUT2D eigenvalue weighted by Crippen LogP contribution is 2.38. The maximum atomic E-state index is 6.37. The van der Waals surface area contributed by atoms with Crippen LogP contribution in [0.5, 0.6) is 0 Å². The third-order valence-corrected chi connectivity index (χ3v) is 5.17. The monoisotopic (exact) mass is 297 g/mol. The van der Waals surface area contributed by atoms with Crippen molar-refractivity contribution in [3.05, 3.63) is 0 Å². The van der Waals surface area contributed by atoms with Gasteiger partial charge in [-0.15, -0.1) is 0 Å². The van der Waals surface area contributed by atoms with E-state index in [1.165, 1.54) is 64.2 Å². The van der Waals surface area contributed by atoms with Crippen molar-refractivity contribution < 1.29 is 4.74 Å². The van der Waals surface area contributed by atoms with Crippen molar-refractivity contribution in [3.63, 3.8) is 0 Å². The van der Waals surface area contributed by atoms with E-state index in [4.69, 9.17) is 4.74 Å². The van der Waals surface area contributed by atoms with Gasteiger partial charge < -0.3 is 10.1 Å². The summed E-state index contributed by atoms with van der Waals surface area (Å²) in [6, 6.07) is 0.557. The second-order valence-corrected chi connectivity index (χ2v) is 7.04. The molecular formula is C19H39NO. The fourth-order valence-electron chi connectivity index (χ4n) is 3.78. The number of ether oxygens (including phenoxy) is 1. The van der Waals surface area contributed by atoms with Crippen LogP contribution >= 0.6 is 0 Å². The highest BCUT2D eigenvalue weighted by molar-refractivity contribution is 4.96. The molecule has 0 radical (unpaired) electrons. The van der Waals surface area contributed by atoms with Gasteiger partial charge in [0, 0.05) is 12.6 Å². The SMILES string of the molecule is CCCCCCC(NCCC)C1(OCC)CCC(C)CC1. The van der Waals surface area contributed by atoms with Crippen LogP contribution in [0.25, 0.3) is 0 Å². The first-order valence-electron chi connectivity index (χ1n) is 9.55. The van der Waals surface area contributed by atoms with E-state index in [9.17, 15) is 0 Å². The van der Waals surface area contributed by atoms with Crippen molar-refractivity contribution in [1.29, 1.82) is 0 Å². The van der Waals surface area contributed by atoms with Crippen LogP contribution in [-0.4, -0.2) is 24.8 Å². The summed E-state index contributed by atoms with van der Waals surface area (Å²) in [6.45, 7) is 11.1. The van der Waals surface area contributed by atoms with Gasteiger partial charge in [-0.1, -0.05) is 46.5 Å². The average molecular weight is 298 g/mol. The first kappa shape index (κ1) is 19.0. The van der Waals surface area contributed by atoms with E-state index in [0.29, 0.717) is 6.04 Å². The second-order valence-electron chi connectivity index (χ2n) is 7.04. The molecule has 1 rings (SSSR count). The quantitative estimate of drug-likeness (QED) is 0.522. The van der Waals surface area contributed by atoms with Crippen LogP contribution in [0.15, 0.2) is 0 Å². The Hall–Kier alpha value is -0.0800. The molecule has 0 aromatic carbocycles. The predicted octanol–water partition coefficient (Wildman–Crippen LogP) is 5.31. The van der Waals surface area contributed by atoms with Gasteiger partial charge in [0.15, 0.2) is 0 Å². The van der Waals surface area contributed by atoms with E-state index in [0.717, 1.165) is 19.1 Å². The zero-order chi connectivity index (χ0) is 15.6. The maximum absolute atomic E-state index is 6.37. The van der Waals surface area contributed by atoms with Gasteiger partial charge in [0.25, 0.3) is 0 Å². The molecule has 2 heteroatoms. The van der Waals surface area contributed by atoms with Gasteiger partial charge in [-0.25, -0.2) is 0 Å². The molecule has 1 saturated carbocycles. The molecule has 0 spiro atoms. The van der Waals surface area contributed by atoms with Gasteiger partial charge in [0.05, 0.1) is 5.60 Å². The molecule has 0 bridgehead atoms. The molecule has 0 aromatic heterocycles. The van der Waals surface area contributed by atoms with Gasteiger partial charge in [0.2, 0.25) is 0 Å². The molecule has 0 aromatic rings. The van der Waals surface area contributed by atoms with E-state index in [1.54, 1.807) is 0 Å². The third-order valence-electron chi connectivity index (χ3n) is 5.17. The molecule has 1 aliphatic rings. The van der Waals surface area contributed by atoms with Crippen LogP contribution in [0.3, 0.4) is 0 Å². The Kier molecular flexibility index (Phi) is 9.59. The van der Waals surface area contributed by atoms with E-state index < -0.39 is 0 Å². The van der Waals surface area contributed by atoms with Crippen molar-refractivity contribution in [2.24, 2.45) is 5.92 Å². The number of hydrogen-bond donors (Lipinski definition) is 1. The van der Waals surface area contributed by atoms with Gasteiger partial charge >= 0.3 is 0 Å². The summed E-state index contributed by atoms with van der Waals surface area (Å²) in [5, 5.41) is 3.83. The van der Waals surface area contributed by atoms with Crippen LogP contribution in [0.1, 0.15) is 91.9 Å². The smallest absolute Gasteiger partial charge is 0.0834 e. The molecule has 0 amide bonds. The molecular weight excluding hydrogens is 258 g/mol. The minimum atomic E-state index is 0.114. The van der Waals surface area contributed by atoms with Crippen molar-refractivity contribution in [2.45, 2.75) is 104 Å². The second kappa shape index (κ2) is 10.6. The number of hydrogen-bond acceptors (Lipinski definition) is 2. The Labute approximate surface area is 133 Å². The van der Waals surface area contributed by atoms with E-state index in [2.05, 4.69) is 33.0 Å². The van der Waals surface area contributed by atoms with Crippen molar-refractivity contribution in [2.75, 3.05) is 13.2 Å². The molecule has 1 fully saturated rings. The van der Waals surface area contributed by atoms with Crippen LogP contribution < -0.4 is 5.32 Å². The van der Waals surface area contributed by atoms with Gasteiger partial charge in [-0.3, -0.25) is 0 Å². The zero-order valence-corrected chi connectivity index (χ0v) is 15.0. The molecule has 0 saturated heterocycles. The van der Waals surface area contributed by atoms with Gasteiger partial charge in [-0.05, 0) is 57.9 Å². The predicted molar refractivity (Wildman–Crippen MR) is 92.8 cm³/mol. The summed E-state index contributed by atoms with van der Waals surface area (Å²) in [6.07, 6.45) is 13.1. The third kappa shape index (κ3) is 6.28. The Balaban J connectivity index is 2.64. The molecule has 0 heterocycles. The summed E-state index contributed by atoms with van der Waals surface area (Å²) in [5.74, 6) is 0.880. The van der Waals surface area contributed by atoms with Crippen LogP contribution in [-0.2, 0) is 4.74 Å². The Morgan fingerprint density at radius 1 is 1.05 bits per heavy atom. The number of nitrogens with one attached hydrogen (secondary N) is 1. The Bertz CT molecular complexity index is 246. The van der Waals surface area contributed by atoms with Gasteiger partial charge in [-0.2, -0.15) is 0 Å². The fourth-order valence-corrected chi connectivity index (χ4v) is 3.78. The molecule has 0 aliphatic heterocycles. The van der Waals surface area contributed by atoms with Crippen molar-refractivity contribution >= 4 is 0 Å². The topological polar surface area (TPSA) is 21.3 Å². The molecule has 1 atom stereocenters. The summed E-state index contributed by atoms with van der Waals surface area (Å²) in [4.78, 5) is 0. The summed E-state index contributed by atoms with van der Waals surface area (Å²) in [7, 11) is 0. The lowest BCUT2D eigenvalue weighted by Crippen LogP contribution is -2.54. The first-order valence-corrected chi connectivity index (χ1v) is 9.55. The normalized spacial score (nSPS) is 27.7. The maximum Gasteiger partial charge on any atom is 0.0834 e. The van der Waals surface area contributed by atoms with Crippen LogP contribution in [0.2, 0.25) is 0 Å². The summed E-state index contributed by atoms with van der Waals surface area (Å²) < 4.78 is 6.37. The number of rotatable bonds is 11. The van der Waals surface area contributed by atoms with E-state index >= 15 is 0 Å². The zero-order valence-electron chi connectivity index (χ0n) is 15.0. The van der Waals surface area contributed by atoms with Crippen LogP contribution in [0.4, 0.5) is 0 Å². The van der Waals surface area contributed by atoms with Gasteiger partial charge in [0.1, 0.15) is 0 Å². The number of unbranched alkanes of at least 4 members (excludes halogenated alkanes) is 3. The standard InChI is InChI=1S/C19H39NO/c1-5-8-9-10-11-18(20-16-6-2)19(21-7-3)14-12-17(4)13-15-19/h17-18,20H,5-16H2,1-4H3. The fraction of sp³-hybridized carbons (Fsp3) is 1.00. The lowest BCUT2D eigenvalue weighted by atomic mass is 9.74. The molecule has 1 aliphatic carbocycles. The van der Waals surface area contributed by atoms with E-state index in [1.807, 2.05) is 0 Å². The lowest BCUT2D eigenvalue weighted by molar-refractivity contribution is -0.0980. The minimum absolute atomic E-state index is 0.114. The summed E-state index contributed by atoms with van der Waals surface area (Å²) in [5.41, 5.74) is 0.114. The highest BCUT2D eigenvalue weighted by Gasteiger charge is 2.41. The molecule has 126 valence electrons. The van der Waals surface area contributed by atoms with Crippen molar-refractivity contribution in [3.8, 4) is 0 Å². The molecule has 1 N–H and O–H groups in total. The molecule has 2 nitrogen and oxygen atoms in total. The van der Waals surface area contributed by atoms with Crippen LogP contribution in [0, 0.1) is 5.92 Å². The summed E-state index contributed by atoms with van der Waals surface area (Å²) >= 11 is 0. The molecule has 21 heavy (non-hydrogen) atoms. The highest BCUT2D eigenvalue weighted by atomic mass is 16.5. The Morgan fingerprint density at radius 3 is 2.33 bits per heavy atom. The lowest BCUT2D eigenvalue weighted by Gasteiger charge is -2.45. The average Bonchev–Trinajstić information content (AvgIpc) is 2.49. The largest absolute Gasteiger partial charge is 0.374 e. The Morgan fingerprint density at radius 2 is 1.76 bits per heavy atom. The minimum Gasteiger partial charge on any atom is -0.374 e. The van der Waals surface area contributed by atoms with E-state index in [-0.39, 0.29) is 5.60 Å². The van der Waals surface area contributed by atoms with Crippen molar-refractivity contribution in [1.82, 2.24) is 5.32 Å².